The predicted octanol–water partition coefficient (Wildman–Crippen LogP) is 2.56. The number of carbonyl (C=O) groups is 1. The maximum Gasteiger partial charge on any atom is 0.338 e. The fourth-order valence-electron chi connectivity index (χ4n) is 3.75. The van der Waals surface area contributed by atoms with E-state index in [0.29, 0.717) is 30.0 Å². The first-order chi connectivity index (χ1) is 14.9. The van der Waals surface area contributed by atoms with E-state index in [0.717, 1.165) is 33.5 Å². The number of rotatable bonds is 6. The van der Waals surface area contributed by atoms with Crippen LogP contribution in [0.2, 0.25) is 0 Å². The summed E-state index contributed by atoms with van der Waals surface area (Å²) in [6.45, 7) is 6.83. The highest BCUT2D eigenvalue weighted by molar-refractivity contribution is 5.93. The number of aryl methyl sites for hydroxylation is 2. The van der Waals surface area contributed by atoms with Gasteiger partial charge in [0.05, 0.1) is 22.9 Å². The van der Waals surface area contributed by atoms with E-state index >= 15 is 0 Å². The van der Waals surface area contributed by atoms with Gasteiger partial charge in [-0.15, -0.1) is 0 Å². The third kappa shape index (κ3) is 3.93. The van der Waals surface area contributed by atoms with E-state index in [1.165, 1.54) is 0 Å². The molecule has 1 aromatic carbocycles. The van der Waals surface area contributed by atoms with Crippen LogP contribution in [-0.4, -0.2) is 32.4 Å². The van der Waals surface area contributed by atoms with Gasteiger partial charge in [0, 0.05) is 36.6 Å². The Morgan fingerprint density at radius 2 is 2.16 bits per heavy atom. The Bertz CT molecular complexity index is 1210. The summed E-state index contributed by atoms with van der Waals surface area (Å²) in [7, 11) is 0. The molecule has 2 aromatic heterocycles. The van der Waals surface area contributed by atoms with Crippen molar-refractivity contribution in [2.24, 2.45) is 0 Å². The van der Waals surface area contributed by atoms with Crippen LogP contribution >= 0.6 is 0 Å². The molecule has 0 aliphatic carbocycles. The van der Waals surface area contributed by atoms with Crippen LogP contribution in [0.25, 0.3) is 5.82 Å². The highest BCUT2D eigenvalue weighted by Gasteiger charge is 2.25. The molecule has 1 aliphatic heterocycles. The summed E-state index contributed by atoms with van der Waals surface area (Å²) in [5, 5.41) is 27.5. The summed E-state index contributed by atoms with van der Waals surface area (Å²) in [5.41, 5.74) is 6.34. The lowest BCUT2D eigenvalue weighted by molar-refractivity contribution is 0.0535. The third-order valence-electron chi connectivity index (χ3n) is 5.67. The van der Waals surface area contributed by atoms with Gasteiger partial charge in [-0.1, -0.05) is 6.07 Å². The second kappa shape index (κ2) is 8.30. The summed E-state index contributed by atoms with van der Waals surface area (Å²) in [6.07, 6.45) is 2.74. The van der Waals surface area contributed by atoms with Gasteiger partial charge in [0.25, 0.3) is 0 Å². The number of aliphatic hydroxyl groups excluding tert-OH is 1. The quantitative estimate of drug-likeness (QED) is 0.593. The SMILES string of the molecule is Cc1cc(-n2cc(CNCC(O)c3ccc4c(c3C)COC4=O)c(C)n2)ncc1C#N. The molecule has 0 fully saturated rings. The highest BCUT2D eigenvalue weighted by Crippen LogP contribution is 2.29. The number of aromatic nitrogens is 3. The predicted molar refractivity (Wildman–Crippen MR) is 113 cm³/mol. The third-order valence-corrected chi connectivity index (χ3v) is 5.67. The summed E-state index contributed by atoms with van der Waals surface area (Å²) in [4.78, 5) is 16.0. The molecule has 3 heterocycles. The molecule has 0 bridgehead atoms. The lowest BCUT2D eigenvalue weighted by Crippen LogP contribution is -2.22. The lowest BCUT2D eigenvalue weighted by Gasteiger charge is -2.16. The molecule has 2 N–H and O–H groups in total. The van der Waals surface area contributed by atoms with Gasteiger partial charge in [-0.2, -0.15) is 10.4 Å². The van der Waals surface area contributed by atoms with Gasteiger partial charge in [0.15, 0.2) is 5.82 Å². The Balaban J connectivity index is 1.42. The number of nitrogens with zero attached hydrogens (tertiary/aromatic N) is 4. The first-order valence-corrected chi connectivity index (χ1v) is 9.99. The number of ether oxygens (including phenoxy) is 1. The van der Waals surface area contributed by atoms with Crippen LogP contribution in [0.4, 0.5) is 0 Å². The van der Waals surface area contributed by atoms with Gasteiger partial charge in [0.1, 0.15) is 12.7 Å². The number of aliphatic hydroxyl groups is 1. The van der Waals surface area contributed by atoms with Crippen LogP contribution in [0.15, 0.2) is 30.6 Å². The van der Waals surface area contributed by atoms with Crippen molar-refractivity contribution in [3.05, 3.63) is 75.2 Å². The average Bonchev–Trinajstić information content (AvgIpc) is 3.31. The number of carbonyl (C=O) groups excluding carboxylic acids is 1. The first kappa shape index (κ1) is 20.7. The minimum absolute atomic E-state index is 0.259. The molecule has 0 saturated carbocycles. The van der Waals surface area contributed by atoms with Crippen molar-refractivity contribution in [3.8, 4) is 11.9 Å². The number of benzene rings is 1. The van der Waals surface area contributed by atoms with Crippen molar-refractivity contribution in [2.75, 3.05) is 6.54 Å². The van der Waals surface area contributed by atoms with Crippen molar-refractivity contribution in [3.63, 3.8) is 0 Å². The summed E-state index contributed by atoms with van der Waals surface area (Å²) in [6, 6.07) is 7.45. The Morgan fingerprint density at radius 3 is 2.90 bits per heavy atom. The van der Waals surface area contributed by atoms with Gasteiger partial charge in [-0.05, 0) is 49.6 Å². The molecule has 8 nitrogen and oxygen atoms in total. The molecular weight excluding hydrogens is 394 g/mol. The van der Waals surface area contributed by atoms with Crippen molar-refractivity contribution in [1.29, 1.82) is 5.26 Å². The minimum Gasteiger partial charge on any atom is -0.457 e. The topological polar surface area (TPSA) is 113 Å². The second-order valence-electron chi connectivity index (χ2n) is 7.68. The molecule has 158 valence electrons. The van der Waals surface area contributed by atoms with Gasteiger partial charge in [0.2, 0.25) is 0 Å². The maximum absolute atomic E-state index is 11.7. The second-order valence-corrected chi connectivity index (χ2v) is 7.68. The number of esters is 1. The van der Waals surface area contributed by atoms with E-state index in [2.05, 4.69) is 21.5 Å². The van der Waals surface area contributed by atoms with Gasteiger partial charge < -0.3 is 15.2 Å². The smallest absolute Gasteiger partial charge is 0.338 e. The molecule has 0 radical (unpaired) electrons. The zero-order valence-electron chi connectivity index (χ0n) is 17.6. The van der Waals surface area contributed by atoms with E-state index in [1.807, 2.05) is 33.0 Å². The van der Waals surface area contributed by atoms with Gasteiger partial charge >= 0.3 is 5.97 Å². The summed E-state index contributed by atoms with van der Waals surface area (Å²) < 4.78 is 6.78. The van der Waals surface area contributed by atoms with Gasteiger partial charge in [-0.3, -0.25) is 0 Å². The van der Waals surface area contributed by atoms with Crippen LogP contribution in [0.3, 0.4) is 0 Å². The molecule has 0 amide bonds. The molecule has 31 heavy (non-hydrogen) atoms. The van der Waals surface area contributed by atoms with Crippen molar-refractivity contribution in [2.45, 2.75) is 40.0 Å². The van der Waals surface area contributed by atoms with Crippen LogP contribution in [0.1, 0.15) is 55.5 Å². The number of nitrogens with one attached hydrogen (secondary N) is 1. The molecule has 4 rings (SSSR count). The molecule has 0 spiro atoms. The Hall–Kier alpha value is -3.54. The maximum atomic E-state index is 11.7. The Morgan fingerprint density at radius 1 is 1.35 bits per heavy atom. The van der Waals surface area contributed by atoms with E-state index in [-0.39, 0.29) is 12.6 Å². The van der Waals surface area contributed by atoms with Crippen LogP contribution in [0.5, 0.6) is 0 Å². The lowest BCUT2D eigenvalue weighted by atomic mass is 9.95. The van der Waals surface area contributed by atoms with Crippen LogP contribution in [0, 0.1) is 32.1 Å². The highest BCUT2D eigenvalue weighted by atomic mass is 16.5. The zero-order valence-corrected chi connectivity index (χ0v) is 17.6. The van der Waals surface area contributed by atoms with Gasteiger partial charge in [-0.25, -0.2) is 14.5 Å². The minimum atomic E-state index is -0.709. The molecule has 1 aliphatic rings. The fourth-order valence-corrected chi connectivity index (χ4v) is 3.75. The average molecular weight is 417 g/mol. The van der Waals surface area contributed by atoms with E-state index in [4.69, 9.17) is 10.00 Å². The largest absolute Gasteiger partial charge is 0.457 e. The summed E-state index contributed by atoms with van der Waals surface area (Å²) in [5.74, 6) is 0.341. The number of pyridine rings is 1. The zero-order chi connectivity index (χ0) is 22.1. The van der Waals surface area contributed by atoms with Crippen molar-refractivity contribution in [1.82, 2.24) is 20.1 Å². The number of cyclic esters (lactones) is 1. The monoisotopic (exact) mass is 417 g/mol. The fraction of sp³-hybridized carbons (Fsp3) is 0.304. The normalized spacial score (nSPS) is 13.6. The number of hydrogen-bond donors (Lipinski definition) is 2. The molecule has 1 atom stereocenters. The van der Waals surface area contributed by atoms with Crippen molar-refractivity contribution >= 4 is 5.97 Å². The van der Waals surface area contributed by atoms with Crippen molar-refractivity contribution < 1.29 is 14.6 Å². The molecular formula is C23H23N5O3. The number of hydrogen-bond acceptors (Lipinski definition) is 7. The van der Waals surface area contributed by atoms with E-state index < -0.39 is 6.10 Å². The number of nitriles is 1. The van der Waals surface area contributed by atoms with E-state index in [1.54, 1.807) is 23.0 Å². The molecule has 1 unspecified atom stereocenters. The standard InChI is InChI=1S/C23H23N5O3/c1-13-6-22(26-9-16(13)7-24)28-11-17(15(3)27-28)8-25-10-21(29)18-4-5-19-20(14(18)2)12-31-23(19)30/h4-6,9,11,21,25,29H,8,10,12H2,1-3H3. The molecule has 3 aromatic rings. The number of fused-ring (bicyclic) bond motifs is 1. The Labute approximate surface area is 180 Å². The van der Waals surface area contributed by atoms with Crippen LogP contribution in [-0.2, 0) is 17.9 Å². The van der Waals surface area contributed by atoms with E-state index in [9.17, 15) is 9.90 Å². The Kier molecular flexibility index (Phi) is 5.55. The molecule has 0 saturated heterocycles. The first-order valence-electron chi connectivity index (χ1n) is 9.99. The summed E-state index contributed by atoms with van der Waals surface area (Å²) >= 11 is 0. The van der Waals surface area contributed by atoms with Crippen LogP contribution < -0.4 is 5.32 Å². The molecule has 8 heteroatoms.